The standard InChI is InChI=1S/C19H21NO2/c1-4-7-15-12-16(10-11-18(15)22-3)19(21)20-13-17-9-6-5-8-14(17)2/h4-6,8-12H,1,7,13H2,2-3H3,(H,20,21). The van der Waals surface area contributed by atoms with Gasteiger partial charge in [-0.05, 0) is 48.2 Å². The van der Waals surface area contributed by atoms with E-state index < -0.39 is 0 Å². The maximum Gasteiger partial charge on any atom is 0.251 e. The Bertz CT molecular complexity index is 677. The number of ether oxygens (including phenoxy) is 1. The van der Waals surface area contributed by atoms with Gasteiger partial charge in [0.05, 0.1) is 7.11 Å². The van der Waals surface area contributed by atoms with Crippen molar-refractivity contribution in [2.75, 3.05) is 7.11 Å². The molecule has 2 aromatic carbocycles. The SMILES string of the molecule is C=CCc1cc(C(=O)NCc2ccccc2C)ccc1OC. The molecule has 0 fully saturated rings. The number of methoxy groups -OCH3 is 1. The van der Waals surface area contributed by atoms with Gasteiger partial charge in [-0.15, -0.1) is 6.58 Å². The number of benzene rings is 2. The summed E-state index contributed by atoms with van der Waals surface area (Å²) >= 11 is 0. The van der Waals surface area contributed by atoms with Crippen molar-refractivity contribution in [1.29, 1.82) is 0 Å². The molecule has 0 aliphatic rings. The average Bonchev–Trinajstić information content (AvgIpc) is 2.54. The third kappa shape index (κ3) is 3.76. The van der Waals surface area contributed by atoms with Crippen molar-refractivity contribution in [3.8, 4) is 5.75 Å². The van der Waals surface area contributed by atoms with E-state index in [0.717, 1.165) is 16.9 Å². The smallest absolute Gasteiger partial charge is 0.251 e. The first-order valence-electron chi connectivity index (χ1n) is 7.26. The zero-order valence-corrected chi connectivity index (χ0v) is 13.1. The van der Waals surface area contributed by atoms with Crippen molar-refractivity contribution < 1.29 is 9.53 Å². The fraction of sp³-hybridized carbons (Fsp3) is 0.211. The summed E-state index contributed by atoms with van der Waals surface area (Å²) in [6.07, 6.45) is 2.47. The summed E-state index contributed by atoms with van der Waals surface area (Å²) in [7, 11) is 1.62. The van der Waals surface area contributed by atoms with Gasteiger partial charge in [-0.3, -0.25) is 4.79 Å². The van der Waals surface area contributed by atoms with Gasteiger partial charge in [0.15, 0.2) is 0 Å². The van der Waals surface area contributed by atoms with Crippen LogP contribution in [-0.2, 0) is 13.0 Å². The molecular weight excluding hydrogens is 274 g/mol. The van der Waals surface area contributed by atoms with Crippen LogP contribution < -0.4 is 10.1 Å². The van der Waals surface area contributed by atoms with Crippen LogP contribution in [0.2, 0.25) is 0 Å². The molecule has 0 saturated carbocycles. The Morgan fingerprint density at radius 3 is 2.68 bits per heavy atom. The van der Waals surface area contributed by atoms with Gasteiger partial charge in [0.25, 0.3) is 5.91 Å². The maximum absolute atomic E-state index is 12.3. The Hall–Kier alpha value is -2.55. The zero-order valence-electron chi connectivity index (χ0n) is 13.1. The summed E-state index contributed by atoms with van der Waals surface area (Å²) in [5.41, 5.74) is 3.88. The number of hydrogen-bond donors (Lipinski definition) is 1. The van der Waals surface area contributed by atoms with E-state index in [1.165, 1.54) is 5.56 Å². The third-order valence-corrected chi connectivity index (χ3v) is 3.61. The molecular formula is C19H21NO2. The van der Waals surface area contributed by atoms with Gasteiger partial charge in [-0.25, -0.2) is 0 Å². The van der Waals surface area contributed by atoms with Crippen LogP contribution in [0.5, 0.6) is 5.75 Å². The van der Waals surface area contributed by atoms with Crippen molar-refractivity contribution in [1.82, 2.24) is 5.32 Å². The molecule has 0 bridgehead atoms. The Labute approximate surface area is 131 Å². The molecule has 1 N–H and O–H groups in total. The van der Waals surface area contributed by atoms with E-state index in [1.54, 1.807) is 19.3 Å². The van der Waals surface area contributed by atoms with Gasteiger partial charge >= 0.3 is 0 Å². The first-order chi connectivity index (χ1) is 10.7. The summed E-state index contributed by atoms with van der Waals surface area (Å²) in [5, 5.41) is 2.96. The summed E-state index contributed by atoms with van der Waals surface area (Å²) in [6, 6.07) is 13.5. The van der Waals surface area contributed by atoms with Gasteiger partial charge in [-0.2, -0.15) is 0 Å². The molecule has 0 aliphatic carbocycles. The highest BCUT2D eigenvalue weighted by Gasteiger charge is 2.10. The number of allylic oxidation sites excluding steroid dienone is 1. The highest BCUT2D eigenvalue weighted by Crippen LogP contribution is 2.21. The summed E-state index contributed by atoms with van der Waals surface area (Å²) in [6.45, 7) is 6.30. The van der Waals surface area contributed by atoms with Crippen LogP contribution in [0.3, 0.4) is 0 Å². The van der Waals surface area contributed by atoms with Crippen LogP contribution in [0.15, 0.2) is 55.1 Å². The Morgan fingerprint density at radius 2 is 2.00 bits per heavy atom. The van der Waals surface area contributed by atoms with Gasteiger partial charge in [-0.1, -0.05) is 30.3 Å². The number of carbonyl (C=O) groups is 1. The Balaban J connectivity index is 2.11. The van der Waals surface area contributed by atoms with Crippen LogP contribution in [0.1, 0.15) is 27.0 Å². The van der Waals surface area contributed by atoms with Crippen LogP contribution in [0.4, 0.5) is 0 Å². The van der Waals surface area contributed by atoms with Crippen molar-refractivity contribution in [3.05, 3.63) is 77.4 Å². The highest BCUT2D eigenvalue weighted by molar-refractivity contribution is 5.94. The van der Waals surface area contributed by atoms with Gasteiger partial charge in [0.1, 0.15) is 5.75 Å². The molecule has 0 aromatic heterocycles. The van der Waals surface area contributed by atoms with E-state index in [0.29, 0.717) is 18.5 Å². The summed E-state index contributed by atoms with van der Waals surface area (Å²) < 4.78 is 5.30. The molecule has 0 unspecified atom stereocenters. The molecule has 3 heteroatoms. The molecule has 2 rings (SSSR count). The molecule has 0 heterocycles. The first-order valence-corrected chi connectivity index (χ1v) is 7.26. The predicted molar refractivity (Wildman–Crippen MR) is 89.2 cm³/mol. The minimum Gasteiger partial charge on any atom is -0.496 e. The fourth-order valence-corrected chi connectivity index (χ4v) is 2.32. The van der Waals surface area contributed by atoms with Gasteiger partial charge in [0.2, 0.25) is 0 Å². The highest BCUT2D eigenvalue weighted by atomic mass is 16.5. The molecule has 0 atom stereocenters. The maximum atomic E-state index is 12.3. The number of aryl methyl sites for hydroxylation is 1. The fourth-order valence-electron chi connectivity index (χ4n) is 2.32. The van der Waals surface area contributed by atoms with Crippen molar-refractivity contribution in [3.63, 3.8) is 0 Å². The number of carbonyl (C=O) groups excluding carboxylic acids is 1. The van der Waals surface area contributed by atoms with E-state index in [1.807, 2.05) is 43.3 Å². The number of rotatable bonds is 6. The summed E-state index contributed by atoms with van der Waals surface area (Å²) in [4.78, 5) is 12.3. The first kappa shape index (κ1) is 15.8. The van der Waals surface area contributed by atoms with E-state index in [9.17, 15) is 4.79 Å². The third-order valence-electron chi connectivity index (χ3n) is 3.61. The van der Waals surface area contributed by atoms with Crippen LogP contribution in [0, 0.1) is 6.92 Å². The number of amides is 1. The molecule has 0 spiro atoms. The van der Waals surface area contributed by atoms with E-state index in [2.05, 4.69) is 11.9 Å². The lowest BCUT2D eigenvalue weighted by Gasteiger charge is -2.11. The quantitative estimate of drug-likeness (QED) is 0.826. The zero-order chi connectivity index (χ0) is 15.9. The van der Waals surface area contributed by atoms with Crippen LogP contribution >= 0.6 is 0 Å². The van der Waals surface area contributed by atoms with E-state index in [4.69, 9.17) is 4.74 Å². The minimum atomic E-state index is -0.0868. The second-order valence-electron chi connectivity index (χ2n) is 5.13. The normalized spacial score (nSPS) is 10.1. The average molecular weight is 295 g/mol. The lowest BCUT2D eigenvalue weighted by atomic mass is 10.1. The van der Waals surface area contributed by atoms with E-state index >= 15 is 0 Å². The number of hydrogen-bond acceptors (Lipinski definition) is 2. The second-order valence-corrected chi connectivity index (χ2v) is 5.13. The van der Waals surface area contributed by atoms with Crippen LogP contribution in [-0.4, -0.2) is 13.0 Å². The lowest BCUT2D eigenvalue weighted by Crippen LogP contribution is -2.23. The van der Waals surface area contributed by atoms with E-state index in [-0.39, 0.29) is 5.91 Å². The van der Waals surface area contributed by atoms with Gasteiger partial charge in [0, 0.05) is 12.1 Å². The largest absolute Gasteiger partial charge is 0.496 e. The summed E-state index contributed by atoms with van der Waals surface area (Å²) in [5.74, 6) is 0.687. The molecule has 0 radical (unpaired) electrons. The van der Waals surface area contributed by atoms with Crippen LogP contribution in [0.25, 0.3) is 0 Å². The molecule has 2 aromatic rings. The molecule has 0 aliphatic heterocycles. The lowest BCUT2D eigenvalue weighted by molar-refractivity contribution is 0.0950. The molecule has 114 valence electrons. The topological polar surface area (TPSA) is 38.3 Å². The molecule has 22 heavy (non-hydrogen) atoms. The molecule has 3 nitrogen and oxygen atoms in total. The number of nitrogens with one attached hydrogen (secondary N) is 1. The Kier molecular flexibility index (Phi) is 5.37. The molecule has 1 amide bonds. The predicted octanol–water partition coefficient (Wildman–Crippen LogP) is 3.66. The van der Waals surface area contributed by atoms with Crippen molar-refractivity contribution >= 4 is 5.91 Å². The molecule has 0 saturated heterocycles. The van der Waals surface area contributed by atoms with Gasteiger partial charge < -0.3 is 10.1 Å². The minimum absolute atomic E-state index is 0.0868. The monoisotopic (exact) mass is 295 g/mol. The van der Waals surface area contributed by atoms with Crippen molar-refractivity contribution in [2.24, 2.45) is 0 Å². The Morgan fingerprint density at radius 1 is 1.23 bits per heavy atom. The van der Waals surface area contributed by atoms with Crippen molar-refractivity contribution in [2.45, 2.75) is 19.9 Å². The second kappa shape index (κ2) is 7.46.